The zero-order valence-corrected chi connectivity index (χ0v) is 8.34. The second-order valence-electron chi connectivity index (χ2n) is 5.04. The van der Waals surface area contributed by atoms with Gasteiger partial charge in [-0.05, 0) is 50.6 Å². The molecular weight excluding hydrogens is 160 g/mol. The molecule has 1 saturated carbocycles. The predicted octanol–water partition coefficient (Wildman–Crippen LogP) is 1.08. The highest BCUT2D eigenvalue weighted by atomic mass is 15.2. The highest BCUT2D eigenvalue weighted by Crippen LogP contribution is 2.46. The van der Waals surface area contributed by atoms with Crippen molar-refractivity contribution in [2.75, 3.05) is 26.2 Å². The molecule has 74 valence electrons. The molecule has 2 aliphatic heterocycles. The van der Waals surface area contributed by atoms with E-state index in [1.807, 2.05) is 0 Å². The van der Waals surface area contributed by atoms with Gasteiger partial charge in [0.2, 0.25) is 0 Å². The molecule has 1 aliphatic carbocycles. The van der Waals surface area contributed by atoms with Crippen LogP contribution in [0.5, 0.6) is 0 Å². The van der Waals surface area contributed by atoms with E-state index in [1.165, 1.54) is 45.4 Å². The zero-order valence-electron chi connectivity index (χ0n) is 8.34. The molecule has 2 heterocycles. The van der Waals surface area contributed by atoms with E-state index in [0.717, 1.165) is 17.9 Å². The van der Waals surface area contributed by atoms with Crippen molar-refractivity contribution in [2.45, 2.75) is 31.7 Å². The summed E-state index contributed by atoms with van der Waals surface area (Å²) >= 11 is 0. The molecule has 2 unspecified atom stereocenters. The molecule has 0 spiro atoms. The zero-order chi connectivity index (χ0) is 8.67. The van der Waals surface area contributed by atoms with Crippen molar-refractivity contribution in [2.24, 2.45) is 11.8 Å². The fraction of sp³-hybridized carbons (Fsp3) is 1.00. The topological polar surface area (TPSA) is 15.3 Å². The van der Waals surface area contributed by atoms with Crippen LogP contribution in [0.2, 0.25) is 0 Å². The van der Waals surface area contributed by atoms with E-state index in [4.69, 9.17) is 0 Å². The maximum absolute atomic E-state index is 3.50. The van der Waals surface area contributed by atoms with E-state index >= 15 is 0 Å². The molecule has 0 aromatic carbocycles. The first kappa shape index (κ1) is 8.25. The molecule has 3 aliphatic rings. The Morgan fingerprint density at radius 2 is 1.85 bits per heavy atom. The third-order valence-corrected chi connectivity index (χ3v) is 4.07. The average Bonchev–Trinajstić information content (AvgIpc) is 2.85. The molecule has 2 nitrogen and oxygen atoms in total. The SMILES string of the molecule is C1CNCC[C@H](N2CC3CC3C2)C1. The van der Waals surface area contributed by atoms with Crippen molar-refractivity contribution < 1.29 is 0 Å². The van der Waals surface area contributed by atoms with Gasteiger partial charge in [-0.15, -0.1) is 0 Å². The lowest BCUT2D eigenvalue weighted by Gasteiger charge is -2.27. The minimum atomic E-state index is 0.919. The van der Waals surface area contributed by atoms with Gasteiger partial charge in [-0.25, -0.2) is 0 Å². The van der Waals surface area contributed by atoms with E-state index < -0.39 is 0 Å². The van der Waals surface area contributed by atoms with E-state index in [0.29, 0.717) is 0 Å². The first-order chi connectivity index (χ1) is 6.43. The van der Waals surface area contributed by atoms with Crippen LogP contribution in [0.15, 0.2) is 0 Å². The van der Waals surface area contributed by atoms with Crippen LogP contribution in [0.3, 0.4) is 0 Å². The average molecular weight is 180 g/mol. The summed E-state index contributed by atoms with van der Waals surface area (Å²) in [5.41, 5.74) is 0. The van der Waals surface area contributed by atoms with Crippen molar-refractivity contribution in [3.05, 3.63) is 0 Å². The summed E-state index contributed by atoms with van der Waals surface area (Å²) in [7, 11) is 0. The predicted molar refractivity (Wildman–Crippen MR) is 53.7 cm³/mol. The van der Waals surface area contributed by atoms with E-state index in [1.54, 1.807) is 6.42 Å². The van der Waals surface area contributed by atoms with Crippen LogP contribution in [-0.2, 0) is 0 Å². The molecule has 3 atom stereocenters. The van der Waals surface area contributed by atoms with Gasteiger partial charge >= 0.3 is 0 Å². The number of hydrogen-bond donors (Lipinski definition) is 1. The van der Waals surface area contributed by atoms with Gasteiger partial charge in [0, 0.05) is 19.1 Å². The fourth-order valence-corrected chi connectivity index (χ4v) is 3.10. The van der Waals surface area contributed by atoms with E-state index in [9.17, 15) is 0 Å². The Balaban J connectivity index is 1.57. The Bertz CT molecular complexity index is 175. The normalized spacial score (nSPS) is 45.7. The Labute approximate surface area is 80.7 Å². The van der Waals surface area contributed by atoms with Gasteiger partial charge < -0.3 is 5.32 Å². The molecule has 1 N–H and O–H groups in total. The lowest BCUT2D eigenvalue weighted by Crippen LogP contribution is -2.35. The largest absolute Gasteiger partial charge is 0.317 e. The van der Waals surface area contributed by atoms with Crippen LogP contribution in [0, 0.1) is 11.8 Å². The molecule has 2 heteroatoms. The van der Waals surface area contributed by atoms with Crippen molar-refractivity contribution in [3.63, 3.8) is 0 Å². The quantitative estimate of drug-likeness (QED) is 0.649. The molecular formula is C11H20N2. The first-order valence-corrected chi connectivity index (χ1v) is 5.88. The third kappa shape index (κ3) is 1.62. The lowest BCUT2D eigenvalue weighted by atomic mass is 10.1. The molecule has 0 radical (unpaired) electrons. The molecule has 0 aromatic heterocycles. The highest BCUT2D eigenvalue weighted by molar-refractivity contribution is 4.98. The molecule has 3 rings (SSSR count). The minimum Gasteiger partial charge on any atom is -0.317 e. The Hall–Kier alpha value is -0.0800. The van der Waals surface area contributed by atoms with Crippen LogP contribution < -0.4 is 5.32 Å². The van der Waals surface area contributed by atoms with Crippen molar-refractivity contribution in [1.82, 2.24) is 10.2 Å². The highest BCUT2D eigenvalue weighted by Gasteiger charge is 2.46. The minimum absolute atomic E-state index is 0.919. The third-order valence-electron chi connectivity index (χ3n) is 4.07. The van der Waals surface area contributed by atoms with Crippen LogP contribution in [0.25, 0.3) is 0 Å². The van der Waals surface area contributed by atoms with Gasteiger partial charge in [-0.2, -0.15) is 0 Å². The summed E-state index contributed by atoms with van der Waals surface area (Å²) in [5.74, 6) is 2.22. The van der Waals surface area contributed by atoms with Gasteiger partial charge in [0.1, 0.15) is 0 Å². The van der Waals surface area contributed by atoms with Crippen LogP contribution in [0.4, 0.5) is 0 Å². The van der Waals surface area contributed by atoms with Gasteiger partial charge in [0.05, 0.1) is 0 Å². The Morgan fingerprint density at radius 1 is 1.00 bits per heavy atom. The summed E-state index contributed by atoms with van der Waals surface area (Å²) in [6.07, 6.45) is 5.75. The second kappa shape index (κ2) is 3.25. The number of fused-ring (bicyclic) bond motifs is 1. The van der Waals surface area contributed by atoms with Crippen LogP contribution in [0.1, 0.15) is 25.7 Å². The van der Waals surface area contributed by atoms with Crippen LogP contribution >= 0.6 is 0 Å². The number of piperidine rings is 1. The number of nitrogens with one attached hydrogen (secondary N) is 1. The second-order valence-corrected chi connectivity index (χ2v) is 5.04. The van der Waals surface area contributed by atoms with Crippen molar-refractivity contribution >= 4 is 0 Å². The molecule has 13 heavy (non-hydrogen) atoms. The van der Waals surface area contributed by atoms with E-state index in [-0.39, 0.29) is 0 Å². The lowest BCUT2D eigenvalue weighted by molar-refractivity contribution is 0.203. The van der Waals surface area contributed by atoms with Gasteiger partial charge in [-0.3, -0.25) is 4.90 Å². The fourth-order valence-electron chi connectivity index (χ4n) is 3.10. The maximum atomic E-state index is 3.50. The monoisotopic (exact) mass is 180 g/mol. The number of likely N-dealkylation sites (tertiary alicyclic amines) is 1. The number of nitrogens with zero attached hydrogens (tertiary/aromatic N) is 1. The number of rotatable bonds is 1. The van der Waals surface area contributed by atoms with Gasteiger partial charge in [0.15, 0.2) is 0 Å². The molecule has 0 amide bonds. The van der Waals surface area contributed by atoms with Crippen molar-refractivity contribution in [1.29, 1.82) is 0 Å². The molecule has 2 saturated heterocycles. The summed E-state index contributed by atoms with van der Waals surface area (Å²) in [6.45, 7) is 5.35. The Morgan fingerprint density at radius 3 is 2.69 bits per heavy atom. The smallest absolute Gasteiger partial charge is 0.0108 e. The number of hydrogen-bond acceptors (Lipinski definition) is 2. The summed E-state index contributed by atoms with van der Waals surface area (Å²) in [4.78, 5) is 2.77. The maximum Gasteiger partial charge on any atom is 0.0108 e. The first-order valence-electron chi connectivity index (χ1n) is 5.88. The van der Waals surface area contributed by atoms with Crippen LogP contribution in [-0.4, -0.2) is 37.1 Å². The van der Waals surface area contributed by atoms with Gasteiger partial charge in [0.25, 0.3) is 0 Å². The molecule has 3 fully saturated rings. The van der Waals surface area contributed by atoms with E-state index in [2.05, 4.69) is 10.2 Å². The summed E-state index contributed by atoms with van der Waals surface area (Å²) < 4.78 is 0. The summed E-state index contributed by atoms with van der Waals surface area (Å²) in [5, 5.41) is 3.50. The van der Waals surface area contributed by atoms with Crippen molar-refractivity contribution in [3.8, 4) is 0 Å². The summed E-state index contributed by atoms with van der Waals surface area (Å²) in [6, 6.07) is 0.919. The standard InChI is InChI=1S/C11H20N2/c1-2-11(3-5-12-4-1)13-7-9-6-10(9)8-13/h9-12H,1-8H2/t9?,10?,11-/m1/s1. The Kier molecular flexibility index (Phi) is 2.06. The molecule has 0 bridgehead atoms. The van der Waals surface area contributed by atoms with Gasteiger partial charge in [-0.1, -0.05) is 0 Å². The molecule has 0 aromatic rings.